The molecule has 1 aliphatic rings. The van der Waals surface area contributed by atoms with Gasteiger partial charge in [-0.3, -0.25) is 9.69 Å². The predicted octanol–water partition coefficient (Wildman–Crippen LogP) is 2.08. The molecule has 1 heterocycles. The molecule has 1 amide bonds. The maximum absolute atomic E-state index is 12.2. The monoisotopic (exact) mass is 250 g/mol. The molecule has 1 fully saturated rings. The lowest BCUT2D eigenvalue weighted by Crippen LogP contribution is -2.54. The Morgan fingerprint density at radius 2 is 2.06 bits per heavy atom. The summed E-state index contributed by atoms with van der Waals surface area (Å²) in [6, 6.07) is 8.34. The van der Waals surface area contributed by atoms with E-state index in [-0.39, 0.29) is 11.9 Å². The zero-order valence-corrected chi connectivity index (χ0v) is 11.3. The van der Waals surface area contributed by atoms with Gasteiger partial charge in [0.25, 0.3) is 0 Å². The van der Waals surface area contributed by atoms with E-state index >= 15 is 0 Å². The van der Waals surface area contributed by atoms with E-state index in [0.29, 0.717) is 6.54 Å². The van der Waals surface area contributed by atoms with Gasteiger partial charge >= 0.3 is 0 Å². The third-order valence-corrected chi connectivity index (χ3v) is 3.82. The number of piperazine rings is 1. The number of para-hydroxylation sites is 1. The SMILES string of the molecule is CSc1ccccc1N1C(=O)CN(C)C[C@H]1C. The molecule has 0 spiro atoms. The molecule has 4 heteroatoms. The second-order valence-corrected chi connectivity index (χ2v) is 5.33. The van der Waals surface area contributed by atoms with Crippen LogP contribution in [0.2, 0.25) is 0 Å². The third-order valence-electron chi connectivity index (χ3n) is 3.04. The summed E-state index contributed by atoms with van der Waals surface area (Å²) in [5, 5.41) is 0. The minimum absolute atomic E-state index is 0.188. The van der Waals surface area contributed by atoms with Crippen LogP contribution in [0.15, 0.2) is 29.2 Å². The number of carbonyl (C=O) groups excluding carboxylic acids is 1. The lowest BCUT2D eigenvalue weighted by molar-refractivity contribution is -0.121. The fourth-order valence-corrected chi connectivity index (χ4v) is 2.94. The predicted molar refractivity (Wildman–Crippen MR) is 72.7 cm³/mol. The van der Waals surface area contributed by atoms with Crippen molar-refractivity contribution in [2.75, 3.05) is 31.3 Å². The Kier molecular flexibility index (Phi) is 3.74. The van der Waals surface area contributed by atoms with Crippen LogP contribution in [-0.2, 0) is 4.79 Å². The van der Waals surface area contributed by atoms with Crippen molar-refractivity contribution in [2.24, 2.45) is 0 Å². The van der Waals surface area contributed by atoms with Gasteiger partial charge in [-0.15, -0.1) is 11.8 Å². The molecule has 1 aliphatic heterocycles. The van der Waals surface area contributed by atoms with Crippen molar-refractivity contribution >= 4 is 23.4 Å². The molecule has 3 nitrogen and oxygen atoms in total. The third kappa shape index (κ3) is 2.48. The fraction of sp³-hybridized carbons (Fsp3) is 0.462. The normalized spacial score (nSPS) is 21.9. The molecule has 0 bridgehead atoms. The van der Waals surface area contributed by atoms with Crippen molar-refractivity contribution < 1.29 is 4.79 Å². The smallest absolute Gasteiger partial charge is 0.241 e. The zero-order valence-electron chi connectivity index (χ0n) is 10.5. The lowest BCUT2D eigenvalue weighted by atomic mass is 10.1. The van der Waals surface area contributed by atoms with Gasteiger partial charge in [0.05, 0.1) is 12.2 Å². The second-order valence-electron chi connectivity index (χ2n) is 4.48. The minimum atomic E-state index is 0.188. The minimum Gasteiger partial charge on any atom is -0.306 e. The topological polar surface area (TPSA) is 23.6 Å². The van der Waals surface area contributed by atoms with Crippen LogP contribution in [0.4, 0.5) is 5.69 Å². The van der Waals surface area contributed by atoms with Gasteiger partial charge in [0, 0.05) is 17.5 Å². The summed E-state index contributed by atoms with van der Waals surface area (Å²) in [5.41, 5.74) is 1.05. The Morgan fingerprint density at radius 3 is 2.71 bits per heavy atom. The molecule has 1 aromatic carbocycles. The summed E-state index contributed by atoms with van der Waals surface area (Å²) < 4.78 is 0. The van der Waals surface area contributed by atoms with Gasteiger partial charge in [-0.1, -0.05) is 12.1 Å². The maximum atomic E-state index is 12.2. The van der Waals surface area contributed by atoms with Gasteiger partial charge in [-0.2, -0.15) is 0 Å². The molecule has 0 N–H and O–H groups in total. The molecular formula is C13H18N2OS. The van der Waals surface area contributed by atoms with Crippen LogP contribution in [0.5, 0.6) is 0 Å². The highest BCUT2D eigenvalue weighted by molar-refractivity contribution is 7.98. The highest BCUT2D eigenvalue weighted by Crippen LogP contribution is 2.31. The van der Waals surface area contributed by atoms with E-state index in [9.17, 15) is 4.79 Å². The summed E-state index contributed by atoms with van der Waals surface area (Å²) in [6.45, 7) is 3.53. The van der Waals surface area contributed by atoms with E-state index in [0.717, 1.165) is 17.1 Å². The Morgan fingerprint density at radius 1 is 1.35 bits per heavy atom. The molecule has 0 saturated carbocycles. The first-order valence-electron chi connectivity index (χ1n) is 5.77. The average Bonchev–Trinajstić information content (AvgIpc) is 2.28. The van der Waals surface area contributed by atoms with E-state index in [1.807, 2.05) is 36.4 Å². The number of benzene rings is 1. The first-order chi connectivity index (χ1) is 8.13. The molecule has 1 saturated heterocycles. The van der Waals surface area contributed by atoms with Crippen LogP contribution >= 0.6 is 11.8 Å². The van der Waals surface area contributed by atoms with E-state index < -0.39 is 0 Å². The average molecular weight is 250 g/mol. The van der Waals surface area contributed by atoms with Crippen molar-refractivity contribution in [1.29, 1.82) is 0 Å². The van der Waals surface area contributed by atoms with Gasteiger partial charge in [-0.05, 0) is 32.4 Å². The Labute approximate surface area is 107 Å². The Hall–Kier alpha value is -1.00. The lowest BCUT2D eigenvalue weighted by Gasteiger charge is -2.38. The van der Waals surface area contributed by atoms with E-state index in [1.165, 1.54) is 0 Å². The summed E-state index contributed by atoms with van der Waals surface area (Å²) in [5.74, 6) is 0.188. The summed E-state index contributed by atoms with van der Waals surface area (Å²) in [4.78, 5) is 17.3. The van der Waals surface area contributed by atoms with Crippen LogP contribution in [-0.4, -0.2) is 43.2 Å². The van der Waals surface area contributed by atoms with Gasteiger partial charge in [-0.25, -0.2) is 0 Å². The maximum Gasteiger partial charge on any atom is 0.241 e. The van der Waals surface area contributed by atoms with Crippen LogP contribution < -0.4 is 4.90 Å². The zero-order chi connectivity index (χ0) is 12.4. The molecule has 17 heavy (non-hydrogen) atoms. The molecule has 1 atom stereocenters. The van der Waals surface area contributed by atoms with Crippen molar-refractivity contribution in [3.63, 3.8) is 0 Å². The van der Waals surface area contributed by atoms with Crippen LogP contribution in [0.1, 0.15) is 6.92 Å². The summed E-state index contributed by atoms with van der Waals surface area (Å²) >= 11 is 1.69. The van der Waals surface area contributed by atoms with Crippen LogP contribution in [0, 0.1) is 0 Å². The molecule has 0 unspecified atom stereocenters. The van der Waals surface area contributed by atoms with Crippen molar-refractivity contribution in [2.45, 2.75) is 17.9 Å². The van der Waals surface area contributed by atoms with Gasteiger partial charge in [0.1, 0.15) is 0 Å². The van der Waals surface area contributed by atoms with E-state index in [1.54, 1.807) is 11.8 Å². The van der Waals surface area contributed by atoms with Crippen LogP contribution in [0.25, 0.3) is 0 Å². The quantitative estimate of drug-likeness (QED) is 0.751. The van der Waals surface area contributed by atoms with Crippen LogP contribution in [0.3, 0.4) is 0 Å². The van der Waals surface area contributed by atoms with Crippen molar-refractivity contribution in [3.05, 3.63) is 24.3 Å². The molecule has 2 rings (SSSR count). The Bertz CT molecular complexity index is 422. The van der Waals surface area contributed by atoms with Gasteiger partial charge in [0.2, 0.25) is 5.91 Å². The van der Waals surface area contributed by atoms with Crippen molar-refractivity contribution in [3.8, 4) is 0 Å². The number of anilines is 1. The highest BCUT2D eigenvalue weighted by atomic mass is 32.2. The first kappa shape index (κ1) is 12.5. The molecular weight excluding hydrogens is 232 g/mol. The number of nitrogens with zero attached hydrogens (tertiary/aromatic N) is 2. The second kappa shape index (κ2) is 5.10. The van der Waals surface area contributed by atoms with Gasteiger partial charge < -0.3 is 4.90 Å². The Balaban J connectivity index is 2.35. The van der Waals surface area contributed by atoms with Gasteiger partial charge in [0.15, 0.2) is 0 Å². The highest BCUT2D eigenvalue weighted by Gasteiger charge is 2.30. The number of hydrogen-bond acceptors (Lipinski definition) is 3. The first-order valence-corrected chi connectivity index (χ1v) is 6.99. The van der Waals surface area contributed by atoms with Crippen molar-refractivity contribution in [1.82, 2.24) is 4.90 Å². The molecule has 92 valence electrons. The number of rotatable bonds is 2. The summed E-state index contributed by atoms with van der Waals surface area (Å²) in [7, 11) is 1.99. The largest absolute Gasteiger partial charge is 0.306 e. The van der Waals surface area contributed by atoms with E-state index in [4.69, 9.17) is 0 Å². The molecule has 1 aromatic rings. The molecule has 0 aromatic heterocycles. The molecule has 0 aliphatic carbocycles. The number of thioether (sulfide) groups is 1. The number of likely N-dealkylation sites (N-methyl/N-ethyl adjacent to an activating group) is 1. The number of carbonyl (C=O) groups is 1. The number of amides is 1. The summed E-state index contributed by atoms with van der Waals surface area (Å²) in [6.07, 6.45) is 2.05. The number of hydrogen-bond donors (Lipinski definition) is 0. The molecule has 0 radical (unpaired) electrons. The standard InChI is InChI=1S/C13H18N2OS/c1-10-8-14(2)9-13(16)15(10)11-6-4-5-7-12(11)17-3/h4-7,10H,8-9H2,1-3H3/t10-/m1/s1. The fourth-order valence-electron chi connectivity index (χ4n) is 2.35. The van der Waals surface area contributed by atoms with E-state index in [2.05, 4.69) is 17.9 Å².